The Bertz CT molecular complexity index is 805. The van der Waals surface area contributed by atoms with Gasteiger partial charge in [-0.15, -0.1) is 0 Å². The van der Waals surface area contributed by atoms with Gasteiger partial charge >= 0.3 is 6.03 Å². The van der Waals surface area contributed by atoms with Crippen molar-refractivity contribution in [2.75, 3.05) is 53.0 Å². The van der Waals surface area contributed by atoms with Gasteiger partial charge in [-0.05, 0) is 69.7 Å². The molecule has 3 amide bonds. The minimum atomic E-state index is -0.320. The molecule has 196 valence electrons. The smallest absolute Gasteiger partial charge is 0.317 e. The van der Waals surface area contributed by atoms with Crippen molar-refractivity contribution in [2.45, 2.75) is 51.2 Å². The zero-order valence-electron chi connectivity index (χ0n) is 21.1. The van der Waals surface area contributed by atoms with Crippen LogP contribution in [0.2, 0.25) is 5.02 Å². The van der Waals surface area contributed by atoms with Crippen molar-refractivity contribution in [3.8, 4) is 0 Å². The Morgan fingerprint density at radius 3 is 2.86 bits per heavy atom. The van der Waals surface area contributed by atoms with E-state index in [1.807, 2.05) is 43.1 Å². The molecule has 1 aromatic rings. The first-order valence-electron chi connectivity index (χ1n) is 12.9. The SMILES string of the molecule is CCNC(=O)COC(c1cccc(Cl)c1)[C@@H]1CCCN(C(=O)N[C@H](CNC)C[C@H]2CCCOC2)C1. The number of hydrogen-bond donors (Lipinski definition) is 3. The number of likely N-dealkylation sites (N-methyl/N-ethyl adjacent to an activating group) is 2. The average molecular weight is 509 g/mol. The van der Waals surface area contributed by atoms with Crippen molar-refractivity contribution < 1.29 is 19.1 Å². The highest BCUT2D eigenvalue weighted by atomic mass is 35.5. The van der Waals surface area contributed by atoms with Crippen LogP contribution in [-0.2, 0) is 14.3 Å². The Balaban J connectivity index is 1.64. The molecule has 3 rings (SSSR count). The zero-order chi connectivity index (χ0) is 25.0. The van der Waals surface area contributed by atoms with Crippen LogP contribution >= 0.6 is 11.6 Å². The van der Waals surface area contributed by atoms with Gasteiger partial charge in [0, 0.05) is 56.4 Å². The van der Waals surface area contributed by atoms with E-state index in [0.29, 0.717) is 30.6 Å². The maximum atomic E-state index is 13.3. The molecule has 4 atom stereocenters. The number of nitrogens with zero attached hydrogens (tertiary/aromatic N) is 1. The quantitative estimate of drug-likeness (QED) is 0.426. The number of hydrogen-bond acceptors (Lipinski definition) is 5. The first kappa shape index (κ1) is 27.7. The summed E-state index contributed by atoms with van der Waals surface area (Å²) in [4.78, 5) is 27.3. The monoisotopic (exact) mass is 508 g/mol. The summed E-state index contributed by atoms with van der Waals surface area (Å²) in [5.74, 6) is 0.398. The highest BCUT2D eigenvalue weighted by molar-refractivity contribution is 6.30. The Hall–Kier alpha value is -1.87. The number of ether oxygens (including phenoxy) is 2. The lowest BCUT2D eigenvalue weighted by molar-refractivity contribution is -0.129. The number of rotatable bonds is 11. The van der Waals surface area contributed by atoms with Crippen molar-refractivity contribution in [2.24, 2.45) is 11.8 Å². The van der Waals surface area contributed by atoms with Crippen LogP contribution in [-0.4, -0.2) is 75.9 Å². The van der Waals surface area contributed by atoms with Gasteiger partial charge in [-0.2, -0.15) is 0 Å². The summed E-state index contributed by atoms with van der Waals surface area (Å²) in [6.07, 6.45) is 4.61. The van der Waals surface area contributed by atoms with Gasteiger partial charge in [-0.3, -0.25) is 4.79 Å². The molecule has 8 nitrogen and oxygen atoms in total. The molecular weight excluding hydrogens is 468 g/mol. The van der Waals surface area contributed by atoms with Crippen molar-refractivity contribution in [1.29, 1.82) is 0 Å². The van der Waals surface area contributed by atoms with E-state index in [1.165, 1.54) is 0 Å². The summed E-state index contributed by atoms with van der Waals surface area (Å²) in [6, 6.07) is 7.59. The Morgan fingerprint density at radius 1 is 1.29 bits per heavy atom. The number of benzene rings is 1. The van der Waals surface area contributed by atoms with Crippen LogP contribution in [0, 0.1) is 11.8 Å². The summed E-state index contributed by atoms with van der Waals surface area (Å²) in [7, 11) is 1.91. The number of carbonyl (C=O) groups excluding carboxylic acids is 2. The van der Waals surface area contributed by atoms with Gasteiger partial charge in [0.25, 0.3) is 0 Å². The molecule has 2 aliphatic rings. The second-order valence-corrected chi connectivity index (χ2v) is 10.0. The third-order valence-corrected chi connectivity index (χ3v) is 7.00. The number of likely N-dealkylation sites (tertiary alicyclic amines) is 1. The van der Waals surface area contributed by atoms with Gasteiger partial charge in [-0.25, -0.2) is 4.79 Å². The number of amides is 3. The molecule has 2 heterocycles. The molecule has 0 bridgehead atoms. The van der Waals surface area contributed by atoms with Crippen molar-refractivity contribution in [1.82, 2.24) is 20.9 Å². The molecule has 3 N–H and O–H groups in total. The molecule has 1 aromatic carbocycles. The summed E-state index contributed by atoms with van der Waals surface area (Å²) >= 11 is 6.26. The molecule has 0 saturated carbocycles. The lowest BCUT2D eigenvalue weighted by Crippen LogP contribution is -2.52. The molecule has 0 spiro atoms. The zero-order valence-corrected chi connectivity index (χ0v) is 21.8. The molecule has 1 unspecified atom stereocenters. The molecule has 2 saturated heterocycles. The van der Waals surface area contributed by atoms with Gasteiger partial charge < -0.3 is 30.3 Å². The molecule has 0 aliphatic carbocycles. The van der Waals surface area contributed by atoms with Crippen molar-refractivity contribution in [3.63, 3.8) is 0 Å². The summed E-state index contributed by atoms with van der Waals surface area (Å²) in [5.41, 5.74) is 0.930. The van der Waals surface area contributed by atoms with E-state index in [1.54, 1.807) is 0 Å². The standard InChI is InChI=1S/C26H41ClN4O4/c1-3-29-24(32)18-35-25(20-8-4-10-22(27)14-20)21-9-5-11-31(16-21)26(33)30-23(15-28-2)13-19-7-6-12-34-17-19/h4,8,10,14,19,21,23,25,28H,3,5-7,9,11-13,15-18H2,1-2H3,(H,29,32)(H,30,33)/t19-,21-,23+,25?/m1/s1. The van der Waals surface area contributed by atoms with E-state index in [2.05, 4.69) is 16.0 Å². The van der Waals surface area contributed by atoms with E-state index in [9.17, 15) is 9.59 Å². The van der Waals surface area contributed by atoms with E-state index < -0.39 is 0 Å². The van der Waals surface area contributed by atoms with Gasteiger partial charge in [-0.1, -0.05) is 23.7 Å². The predicted octanol–water partition coefficient (Wildman–Crippen LogP) is 3.36. The number of piperidine rings is 1. The number of halogens is 1. The normalized spacial score (nSPS) is 22.3. The van der Waals surface area contributed by atoms with Crippen LogP contribution in [0.1, 0.15) is 50.7 Å². The second-order valence-electron chi connectivity index (χ2n) is 9.61. The van der Waals surface area contributed by atoms with Crippen LogP contribution in [0.4, 0.5) is 4.79 Å². The lowest BCUT2D eigenvalue weighted by Gasteiger charge is -2.38. The fraction of sp³-hybridized carbons (Fsp3) is 0.692. The molecule has 9 heteroatoms. The number of nitrogens with one attached hydrogen (secondary N) is 3. The van der Waals surface area contributed by atoms with E-state index in [4.69, 9.17) is 21.1 Å². The summed E-state index contributed by atoms with van der Waals surface area (Å²) < 4.78 is 11.8. The average Bonchev–Trinajstić information content (AvgIpc) is 2.85. The Morgan fingerprint density at radius 2 is 2.14 bits per heavy atom. The van der Waals surface area contributed by atoms with Crippen LogP contribution in [0.15, 0.2) is 24.3 Å². The fourth-order valence-electron chi connectivity index (χ4n) is 5.14. The number of urea groups is 1. The Labute approximate surface area is 214 Å². The van der Waals surface area contributed by atoms with Gasteiger partial charge in [0.05, 0.1) is 6.10 Å². The maximum Gasteiger partial charge on any atom is 0.317 e. The van der Waals surface area contributed by atoms with E-state index in [0.717, 1.165) is 57.4 Å². The van der Waals surface area contributed by atoms with Crippen LogP contribution < -0.4 is 16.0 Å². The van der Waals surface area contributed by atoms with Crippen molar-refractivity contribution in [3.05, 3.63) is 34.9 Å². The lowest BCUT2D eigenvalue weighted by atomic mass is 9.88. The molecule has 35 heavy (non-hydrogen) atoms. The summed E-state index contributed by atoms with van der Waals surface area (Å²) in [5, 5.41) is 9.87. The minimum Gasteiger partial charge on any atom is -0.381 e. The molecular formula is C26H41ClN4O4. The Kier molecular flexibility index (Phi) is 11.6. The molecule has 2 fully saturated rings. The number of carbonyl (C=O) groups is 2. The fourth-order valence-corrected chi connectivity index (χ4v) is 5.34. The van der Waals surface area contributed by atoms with Crippen LogP contribution in [0.25, 0.3) is 0 Å². The minimum absolute atomic E-state index is 0.0264. The van der Waals surface area contributed by atoms with Crippen LogP contribution in [0.5, 0.6) is 0 Å². The predicted molar refractivity (Wildman–Crippen MR) is 138 cm³/mol. The first-order valence-corrected chi connectivity index (χ1v) is 13.3. The molecule has 0 aromatic heterocycles. The topological polar surface area (TPSA) is 91.9 Å². The van der Waals surface area contributed by atoms with E-state index >= 15 is 0 Å². The third-order valence-electron chi connectivity index (χ3n) is 6.77. The highest BCUT2D eigenvalue weighted by Gasteiger charge is 2.32. The van der Waals surface area contributed by atoms with Crippen LogP contribution in [0.3, 0.4) is 0 Å². The van der Waals surface area contributed by atoms with Crippen molar-refractivity contribution >= 4 is 23.5 Å². The largest absolute Gasteiger partial charge is 0.381 e. The second kappa shape index (κ2) is 14.6. The van der Waals surface area contributed by atoms with E-state index in [-0.39, 0.29) is 36.6 Å². The molecule has 0 radical (unpaired) electrons. The van der Waals surface area contributed by atoms with Gasteiger partial charge in [0.2, 0.25) is 5.91 Å². The maximum absolute atomic E-state index is 13.3. The highest BCUT2D eigenvalue weighted by Crippen LogP contribution is 2.34. The third kappa shape index (κ3) is 8.94. The first-order chi connectivity index (χ1) is 17.0. The van der Waals surface area contributed by atoms with Gasteiger partial charge in [0.15, 0.2) is 0 Å². The van der Waals surface area contributed by atoms with Gasteiger partial charge in [0.1, 0.15) is 6.61 Å². The molecule has 2 aliphatic heterocycles. The summed E-state index contributed by atoms with van der Waals surface area (Å²) in [6.45, 7) is 6.02.